The maximum atomic E-state index is 13.9. The predicted octanol–water partition coefficient (Wildman–Crippen LogP) is 8.62. The summed E-state index contributed by atoms with van der Waals surface area (Å²) in [5, 5.41) is 23.4. The average molecular weight is 582 g/mol. The van der Waals surface area contributed by atoms with Crippen molar-refractivity contribution in [1.82, 2.24) is 0 Å². The number of benzene rings is 4. The van der Waals surface area contributed by atoms with Gasteiger partial charge in [0.2, 0.25) is 0 Å². The van der Waals surface area contributed by atoms with E-state index in [2.05, 4.69) is 0 Å². The number of hydrogen-bond acceptors (Lipinski definition) is 5. The van der Waals surface area contributed by atoms with Gasteiger partial charge in [0, 0.05) is 22.2 Å². The van der Waals surface area contributed by atoms with Crippen molar-refractivity contribution in [3.8, 4) is 22.3 Å². The summed E-state index contributed by atoms with van der Waals surface area (Å²) < 4.78 is 13.9. The van der Waals surface area contributed by atoms with Gasteiger partial charge in [-0.3, -0.25) is 20.2 Å². The number of hydrogen-bond donors (Lipinski definition) is 0. The molecule has 12 heteroatoms. The van der Waals surface area contributed by atoms with E-state index in [1.165, 1.54) is 24.3 Å². The molecule has 0 aliphatic heterocycles. The molecule has 182 valence electrons. The lowest BCUT2D eigenvalue weighted by molar-refractivity contribution is -0.384. The molecule has 0 saturated carbocycles. The second-order valence-electron chi connectivity index (χ2n) is 7.40. The van der Waals surface area contributed by atoms with Gasteiger partial charge < -0.3 is 0 Å². The number of nitrogens with zero attached hydrogens (tertiary/aromatic N) is 2. The van der Waals surface area contributed by atoms with Crippen molar-refractivity contribution >= 4 is 68.6 Å². The van der Waals surface area contributed by atoms with E-state index in [9.17, 15) is 24.4 Å². The van der Waals surface area contributed by atoms with Gasteiger partial charge in [-0.25, -0.2) is 4.21 Å². The van der Waals surface area contributed by atoms with Crippen LogP contribution < -0.4 is 0 Å². The fourth-order valence-corrected chi connectivity index (χ4v) is 5.63. The Labute approximate surface area is 226 Å². The van der Waals surface area contributed by atoms with Crippen LogP contribution in [-0.2, 0) is 10.8 Å². The Balaban J connectivity index is 1.91. The van der Waals surface area contributed by atoms with Crippen LogP contribution in [0.4, 0.5) is 11.4 Å². The van der Waals surface area contributed by atoms with Crippen LogP contribution in [0.1, 0.15) is 0 Å². The minimum absolute atomic E-state index is 0.0437. The topological polar surface area (TPSA) is 103 Å². The van der Waals surface area contributed by atoms with Gasteiger partial charge in [-0.15, -0.1) is 0 Å². The third kappa shape index (κ3) is 5.23. The minimum Gasteiger partial charge on any atom is -0.258 e. The highest BCUT2D eigenvalue weighted by Crippen LogP contribution is 2.39. The molecule has 4 aromatic rings. The van der Waals surface area contributed by atoms with Gasteiger partial charge in [-0.1, -0.05) is 58.5 Å². The van der Waals surface area contributed by atoms with Crippen molar-refractivity contribution in [3.63, 3.8) is 0 Å². The van der Waals surface area contributed by atoms with Crippen molar-refractivity contribution in [2.45, 2.75) is 9.79 Å². The zero-order chi connectivity index (χ0) is 26.1. The first-order chi connectivity index (χ1) is 17.1. The third-order valence-electron chi connectivity index (χ3n) is 5.19. The molecule has 0 spiro atoms. The molecule has 0 unspecified atom stereocenters. The van der Waals surface area contributed by atoms with Crippen LogP contribution in [0, 0.1) is 20.2 Å². The Bertz CT molecular complexity index is 1460. The maximum absolute atomic E-state index is 13.9. The van der Waals surface area contributed by atoms with Gasteiger partial charge >= 0.3 is 0 Å². The summed E-state index contributed by atoms with van der Waals surface area (Å²) in [6, 6.07) is 17.7. The third-order valence-corrected chi connectivity index (χ3v) is 7.81. The highest BCUT2D eigenvalue weighted by molar-refractivity contribution is 7.85. The average Bonchev–Trinajstić information content (AvgIpc) is 2.84. The Hall–Kier alpha value is -3.01. The molecule has 0 radical (unpaired) electrons. The maximum Gasteiger partial charge on any atom is 0.288 e. The molecule has 0 heterocycles. The van der Waals surface area contributed by atoms with E-state index < -0.39 is 20.6 Å². The summed E-state index contributed by atoms with van der Waals surface area (Å²) >= 11 is 24.3. The quantitative estimate of drug-likeness (QED) is 0.167. The second-order valence-corrected chi connectivity index (χ2v) is 10.5. The Morgan fingerprint density at radius 1 is 0.583 bits per heavy atom. The summed E-state index contributed by atoms with van der Waals surface area (Å²) in [5.74, 6) is 0. The van der Waals surface area contributed by atoms with Gasteiger partial charge in [-0.2, -0.15) is 0 Å². The van der Waals surface area contributed by atoms with Crippen LogP contribution in [0.2, 0.25) is 20.1 Å². The second kappa shape index (κ2) is 10.5. The molecule has 0 saturated heterocycles. The number of nitro benzene ring substituents is 2. The number of halogens is 4. The molecular weight excluding hydrogens is 570 g/mol. The minimum atomic E-state index is -1.86. The highest BCUT2D eigenvalue weighted by Gasteiger charge is 2.22. The van der Waals surface area contributed by atoms with Gasteiger partial charge in [0.1, 0.15) is 10.0 Å². The molecule has 0 aliphatic carbocycles. The number of rotatable bonds is 6. The summed E-state index contributed by atoms with van der Waals surface area (Å²) in [7, 11) is -1.86. The van der Waals surface area contributed by atoms with E-state index >= 15 is 0 Å². The van der Waals surface area contributed by atoms with E-state index in [1.807, 2.05) is 0 Å². The molecular formula is C24H12Cl4N2O5S. The van der Waals surface area contributed by atoms with Gasteiger partial charge in [-0.05, 0) is 70.8 Å². The lowest BCUT2D eigenvalue weighted by Crippen LogP contribution is -2.00. The molecule has 4 aromatic carbocycles. The normalized spacial score (nSPS) is 11.0. The summed E-state index contributed by atoms with van der Waals surface area (Å²) in [6.07, 6.45) is 0. The van der Waals surface area contributed by atoms with Crippen molar-refractivity contribution in [3.05, 3.63) is 113 Å². The first kappa shape index (κ1) is 26.1. The first-order valence-corrected chi connectivity index (χ1v) is 12.6. The van der Waals surface area contributed by atoms with Gasteiger partial charge in [0.15, 0.2) is 0 Å². The SMILES string of the molecule is O=[N+]([O-])c1cc(-c2cc(Cl)ccc2S(=O)c2ccc(Cl)cc2-c2ccc(Cl)c([N+](=O)[O-])c2)ccc1Cl. The fourth-order valence-electron chi connectivity index (χ4n) is 3.54. The van der Waals surface area contributed by atoms with Crippen molar-refractivity contribution in [2.24, 2.45) is 0 Å². The summed E-state index contributed by atoms with van der Waals surface area (Å²) in [6.45, 7) is 0. The largest absolute Gasteiger partial charge is 0.288 e. The molecule has 0 bridgehead atoms. The molecule has 4 rings (SSSR count). The summed E-state index contributed by atoms with van der Waals surface area (Å²) in [5.41, 5.74) is 0.925. The molecule has 0 amide bonds. The molecule has 0 fully saturated rings. The lowest BCUT2D eigenvalue weighted by atomic mass is 10.0. The van der Waals surface area contributed by atoms with Crippen LogP contribution in [0.15, 0.2) is 82.6 Å². The van der Waals surface area contributed by atoms with Crippen LogP contribution in [-0.4, -0.2) is 14.1 Å². The van der Waals surface area contributed by atoms with Crippen LogP contribution in [0.25, 0.3) is 22.3 Å². The molecule has 0 atom stereocenters. The van der Waals surface area contributed by atoms with Crippen molar-refractivity contribution in [1.29, 1.82) is 0 Å². The zero-order valence-electron chi connectivity index (χ0n) is 17.8. The first-order valence-electron chi connectivity index (χ1n) is 9.96. The monoisotopic (exact) mass is 580 g/mol. The predicted molar refractivity (Wildman–Crippen MR) is 142 cm³/mol. The Morgan fingerprint density at radius 2 is 0.972 bits per heavy atom. The molecule has 0 aromatic heterocycles. The van der Waals surface area contributed by atoms with E-state index in [-0.39, 0.29) is 21.4 Å². The van der Waals surface area contributed by atoms with Crippen molar-refractivity contribution in [2.75, 3.05) is 0 Å². The van der Waals surface area contributed by atoms with E-state index in [1.54, 1.807) is 48.5 Å². The van der Waals surface area contributed by atoms with Crippen LogP contribution >= 0.6 is 46.4 Å². The highest BCUT2D eigenvalue weighted by atomic mass is 35.5. The lowest BCUT2D eigenvalue weighted by Gasteiger charge is -2.14. The van der Waals surface area contributed by atoms with Gasteiger partial charge in [0.05, 0.1) is 30.4 Å². The van der Waals surface area contributed by atoms with E-state index in [0.29, 0.717) is 42.1 Å². The molecule has 0 aliphatic rings. The number of nitro groups is 2. The van der Waals surface area contributed by atoms with E-state index in [0.717, 1.165) is 0 Å². The molecule has 0 N–H and O–H groups in total. The Kier molecular flexibility index (Phi) is 7.63. The van der Waals surface area contributed by atoms with Gasteiger partial charge in [0.25, 0.3) is 11.4 Å². The van der Waals surface area contributed by atoms with Crippen LogP contribution in [0.3, 0.4) is 0 Å². The molecule has 36 heavy (non-hydrogen) atoms. The smallest absolute Gasteiger partial charge is 0.258 e. The van der Waals surface area contributed by atoms with Crippen molar-refractivity contribution < 1.29 is 14.1 Å². The fraction of sp³-hybridized carbons (Fsp3) is 0. The standard InChI is InChI=1S/C24H12Cl4N2O5S/c25-15-3-7-23(17(11-15)13-1-5-19(27)21(9-13)29(31)32)36(35)24-8-4-16(26)12-18(24)14-2-6-20(28)22(10-14)30(33)34/h1-12H. The summed E-state index contributed by atoms with van der Waals surface area (Å²) in [4.78, 5) is 22.2. The Morgan fingerprint density at radius 3 is 1.33 bits per heavy atom. The molecule has 7 nitrogen and oxygen atoms in total. The van der Waals surface area contributed by atoms with E-state index in [4.69, 9.17) is 46.4 Å². The zero-order valence-corrected chi connectivity index (χ0v) is 21.6. The van der Waals surface area contributed by atoms with Crippen LogP contribution in [0.5, 0.6) is 0 Å².